The van der Waals surface area contributed by atoms with Crippen molar-refractivity contribution in [2.75, 3.05) is 31.6 Å². The first-order chi connectivity index (χ1) is 22.5. The van der Waals surface area contributed by atoms with Gasteiger partial charge in [0.05, 0.1) is 5.41 Å². The zero-order valence-electron chi connectivity index (χ0n) is 28.1. The molecule has 0 saturated heterocycles. The molecule has 0 spiro atoms. The average Bonchev–Trinajstić information content (AvgIpc) is 3.52. The molecule has 3 aliphatic heterocycles. The fourth-order valence-corrected chi connectivity index (χ4v) is 6.69. The quantitative estimate of drug-likeness (QED) is 0.0939. The summed E-state index contributed by atoms with van der Waals surface area (Å²) in [6.07, 6.45) is 12.4. The topological polar surface area (TPSA) is 72.7 Å². The fourth-order valence-electron chi connectivity index (χ4n) is 6.69. The summed E-state index contributed by atoms with van der Waals surface area (Å²) in [5.41, 5.74) is 7.56. The number of imide groups is 1. The van der Waals surface area contributed by atoms with Crippen molar-refractivity contribution in [3.8, 4) is 0 Å². The predicted octanol–water partition coefficient (Wildman–Crippen LogP) is 6.83. The lowest BCUT2D eigenvalue weighted by Gasteiger charge is -2.27. The number of benzene rings is 2. The third-order valence-corrected chi connectivity index (χ3v) is 9.09. The number of carbonyl (C=O) groups excluding carboxylic acids is 3. The van der Waals surface area contributed by atoms with E-state index in [0.717, 1.165) is 30.7 Å². The maximum atomic E-state index is 12.3. The van der Waals surface area contributed by atoms with Crippen LogP contribution in [0.5, 0.6) is 0 Å². The van der Waals surface area contributed by atoms with E-state index in [1.54, 1.807) is 0 Å². The number of hydrogen-bond acceptors (Lipinski definition) is 4. The second kappa shape index (κ2) is 14.7. The normalized spacial score (nSPS) is 18.5. The first kappa shape index (κ1) is 36.4. The van der Waals surface area contributed by atoms with Crippen LogP contribution in [0.2, 0.25) is 0 Å². The number of carbonyl (C=O) groups is 3. The SMILES string of the molecule is C[N+]1=C(/C=C/C=C2/N(CCCCCC(=O)NCCN3C(=O)C=CC3=O)c3ccccc3C2(C)C)C(C)(C)c2ccccc21.F[B-](F)(F)F. The Morgan fingerprint density at radius 1 is 0.833 bits per heavy atom. The molecule has 12 heteroatoms. The van der Waals surface area contributed by atoms with E-state index in [4.69, 9.17) is 0 Å². The third kappa shape index (κ3) is 8.32. The maximum absolute atomic E-state index is 12.3. The van der Waals surface area contributed by atoms with Crippen molar-refractivity contribution in [3.05, 3.63) is 95.7 Å². The minimum absolute atomic E-state index is 0.0510. The smallest absolute Gasteiger partial charge is 0.418 e. The number of nitrogens with one attached hydrogen (secondary N) is 1. The molecule has 1 N–H and O–H groups in total. The van der Waals surface area contributed by atoms with Crippen LogP contribution in [0.15, 0.2) is 84.6 Å². The summed E-state index contributed by atoms with van der Waals surface area (Å²) in [4.78, 5) is 39.2. The van der Waals surface area contributed by atoms with Crippen LogP contribution in [-0.4, -0.2) is 66.8 Å². The average molecular weight is 667 g/mol. The summed E-state index contributed by atoms with van der Waals surface area (Å²) < 4.78 is 41.3. The molecule has 3 aliphatic rings. The molecule has 0 unspecified atom stereocenters. The molecule has 48 heavy (non-hydrogen) atoms. The number of allylic oxidation sites excluding steroid dienone is 4. The summed E-state index contributed by atoms with van der Waals surface area (Å²) >= 11 is 0. The Morgan fingerprint density at radius 2 is 1.44 bits per heavy atom. The molecule has 0 aromatic heterocycles. The molecule has 5 rings (SSSR count). The second-order valence-corrected chi connectivity index (χ2v) is 13.1. The summed E-state index contributed by atoms with van der Waals surface area (Å²) in [5, 5.41) is 2.83. The molecule has 256 valence electrons. The van der Waals surface area contributed by atoms with Crippen molar-refractivity contribution >= 4 is 42.1 Å². The van der Waals surface area contributed by atoms with E-state index in [1.165, 1.54) is 46.1 Å². The highest BCUT2D eigenvalue weighted by Gasteiger charge is 2.43. The van der Waals surface area contributed by atoms with E-state index in [9.17, 15) is 31.6 Å². The van der Waals surface area contributed by atoms with E-state index in [-0.39, 0.29) is 41.6 Å². The Bertz CT molecular complexity index is 1650. The first-order valence-corrected chi connectivity index (χ1v) is 16.2. The summed E-state index contributed by atoms with van der Waals surface area (Å²) in [6, 6.07) is 17.3. The lowest BCUT2D eigenvalue weighted by atomic mass is 9.81. The summed E-state index contributed by atoms with van der Waals surface area (Å²) in [5.74, 6) is -0.701. The van der Waals surface area contributed by atoms with Crippen molar-refractivity contribution < 1.29 is 36.2 Å². The molecule has 0 saturated carbocycles. The Labute approximate surface area is 279 Å². The molecular formula is C36H43BF4N4O3. The third-order valence-electron chi connectivity index (χ3n) is 9.09. The van der Waals surface area contributed by atoms with Crippen LogP contribution in [0.1, 0.15) is 64.5 Å². The lowest BCUT2D eigenvalue weighted by molar-refractivity contribution is -0.401. The Kier molecular flexibility index (Phi) is 11.2. The van der Waals surface area contributed by atoms with E-state index >= 15 is 0 Å². The molecule has 0 atom stereocenters. The van der Waals surface area contributed by atoms with Gasteiger partial charge < -0.3 is 27.5 Å². The van der Waals surface area contributed by atoms with Gasteiger partial charge in [-0.2, -0.15) is 4.58 Å². The van der Waals surface area contributed by atoms with Gasteiger partial charge >= 0.3 is 7.25 Å². The van der Waals surface area contributed by atoms with Gasteiger partial charge in [-0.05, 0) is 44.4 Å². The molecule has 7 nitrogen and oxygen atoms in total. The molecule has 2 aromatic rings. The molecule has 0 aliphatic carbocycles. The van der Waals surface area contributed by atoms with Crippen LogP contribution in [0.3, 0.4) is 0 Å². The van der Waals surface area contributed by atoms with Gasteiger partial charge in [0.25, 0.3) is 11.8 Å². The number of anilines is 1. The van der Waals surface area contributed by atoms with Gasteiger partial charge in [0.15, 0.2) is 5.71 Å². The predicted molar refractivity (Wildman–Crippen MR) is 182 cm³/mol. The van der Waals surface area contributed by atoms with Crippen molar-refractivity contribution in [2.24, 2.45) is 0 Å². The van der Waals surface area contributed by atoms with Crippen molar-refractivity contribution in [3.63, 3.8) is 0 Å². The fraction of sp³-hybridized carbons (Fsp3) is 0.389. The zero-order valence-corrected chi connectivity index (χ0v) is 28.1. The highest BCUT2D eigenvalue weighted by molar-refractivity contribution is 6.50. The van der Waals surface area contributed by atoms with Gasteiger partial charge in [0.2, 0.25) is 11.6 Å². The van der Waals surface area contributed by atoms with Gasteiger partial charge in [-0.1, -0.05) is 62.7 Å². The summed E-state index contributed by atoms with van der Waals surface area (Å²) in [7, 11) is -3.85. The van der Waals surface area contributed by atoms with Crippen LogP contribution in [-0.2, 0) is 25.2 Å². The van der Waals surface area contributed by atoms with Crippen LogP contribution in [0.25, 0.3) is 0 Å². The lowest BCUT2D eigenvalue weighted by Crippen LogP contribution is -2.38. The van der Waals surface area contributed by atoms with E-state index < -0.39 is 7.25 Å². The Balaban J connectivity index is 0.000000968. The Morgan fingerprint density at radius 3 is 2.08 bits per heavy atom. The number of fused-ring (bicyclic) bond motifs is 2. The number of amides is 3. The van der Waals surface area contributed by atoms with Crippen LogP contribution >= 0.6 is 0 Å². The molecular weight excluding hydrogens is 623 g/mol. The van der Waals surface area contributed by atoms with Gasteiger partial charge in [-0.15, -0.1) is 0 Å². The monoisotopic (exact) mass is 666 g/mol. The minimum atomic E-state index is -6.00. The standard InChI is InChI=1S/C36H42N4O3.BF4/c1-35(2)26-14-8-10-16-28(26)38(5)30(35)18-13-19-31-36(3,4)27-15-9-11-17-29(27)39(31)24-12-6-7-20-32(41)37-23-25-40-33(42)21-22-34(40)43;2-1(3,4)5/h8-11,13-19,21-22H,6-7,12,20,23-25H2,1-5H3;/q;-1/p+1. The number of rotatable bonds is 11. The van der Waals surface area contributed by atoms with Gasteiger partial charge in [-0.3, -0.25) is 19.3 Å². The van der Waals surface area contributed by atoms with Gasteiger partial charge in [-0.25, -0.2) is 0 Å². The van der Waals surface area contributed by atoms with E-state index in [2.05, 4.69) is 116 Å². The number of para-hydroxylation sites is 2. The Hall–Kier alpha value is -4.48. The number of hydrogen-bond donors (Lipinski definition) is 1. The largest absolute Gasteiger partial charge is 0.673 e. The molecule has 0 bridgehead atoms. The highest BCUT2D eigenvalue weighted by Crippen LogP contribution is 2.47. The maximum Gasteiger partial charge on any atom is 0.673 e. The van der Waals surface area contributed by atoms with Crippen molar-refractivity contribution in [1.82, 2.24) is 10.2 Å². The zero-order chi connectivity index (χ0) is 35.3. The van der Waals surface area contributed by atoms with Crippen LogP contribution in [0, 0.1) is 0 Å². The van der Waals surface area contributed by atoms with Crippen LogP contribution in [0.4, 0.5) is 28.6 Å². The van der Waals surface area contributed by atoms with E-state index in [0.29, 0.717) is 6.42 Å². The molecule has 2 aromatic carbocycles. The molecule has 0 fully saturated rings. The molecule has 3 heterocycles. The van der Waals surface area contributed by atoms with Crippen molar-refractivity contribution in [1.29, 1.82) is 0 Å². The number of nitrogens with zero attached hydrogens (tertiary/aromatic N) is 3. The van der Waals surface area contributed by atoms with Gasteiger partial charge in [0, 0.05) is 72.7 Å². The minimum Gasteiger partial charge on any atom is -0.418 e. The van der Waals surface area contributed by atoms with Crippen molar-refractivity contribution in [2.45, 2.75) is 64.2 Å². The van der Waals surface area contributed by atoms with Gasteiger partial charge in [0.1, 0.15) is 7.05 Å². The van der Waals surface area contributed by atoms with Crippen LogP contribution < -0.4 is 10.2 Å². The summed E-state index contributed by atoms with van der Waals surface area (Å²) in [6.45, 7) is 10.5. The number of unbranched alkanes of at least 4 members (excludes halogenated alkanes) is 2. The van der Waals surface area contributed by atoms with E-state index in [1.807, 2.05) is 0 Å². The second-order valence-electron chi connectivity index (χ2n) is 13.1. The number of halogens is 4. The molecule has 0 radical (unpaired) electrons. The highest BCUT2D eigenvalue weighted by atomic mass is 19.5. The first-order valence-electron chi connectivity index (χ1n) is 16.2. The molecule has 3 amide bonds.